The van der Waals surface area contributed by atoms with Crippen LogP contribution in [0.1, 0.15) is 17.5 Å². The van der Waals surface area contributed by atoms with E-state index in [1.165, 1.54) is 12.1 Å². The SMILES string of the molecule is O=C(Cc1cccc(F)c1)N1CCCc2cccc(O)c21. The van der Waals surface area contributed by atoms with Crippen molar-refractivity contribution in [3.63, 3.8) is 0 Å². The van der Waals surface area contributed by atoms with E-state index in [0.717, 1.165) is 18.4 Å². The quantitative estimate of drug-likeness (QED) is 0.921. The highest BCUT2D eigenvalue weighted by Crippen LogP contribution is 2.35. The highest BCUT2D eigenvalue weighted by atomic mass is 19.1. The summed E-state index contributed by atoms with van der Waals surface area (Å²) in [5.41, 5.74) is 2.22. The van der Waals surface area contributed by atoms with Crippen molar-refractivity contribution < 1.29 is 14.3 Å². The monoisotopic (exact) mass is 285 g/mol. The van der Waals surface area contributed by atoms with Gasteiger partial charge < -0.3 is 10.0 Å². The number of nitrogens with zero attached hydrogens (tertiary/aromatic N) is 1. The van der Waals surface area contributed by atoms with E-state index < -0.39 is 0 Å². The molecular formula is C17H16FNO2. The number of aromatic hydroxyl groups is 1. The zero-order valence-electron chi connectivity index (χ0n) is 11.6. The minimum absolute atomic E-state index is 0.122. The topological polar surface area (TPSA) is 40.5 Å². The Kier molecular flexibility index (Phi) is 3.60. The molecule has 4 heteroatoms. The van der Waals surface area contributed by atoms with Gasteiger partial charge in [0.1, 0.15) is 11.6 Å². The summed E-state index contributed by atoms with van der Waals surface area (Å²) >= 11 is 0. The lowest BCUT2D eigenvalue weighted by Crippen LogP contribution is -2.36. The van der Waals surface area contributed by atoms with Crippen LogP contribution in [0.15, 0.2) is 42.5 Å². The van der Waals surface area contributed by atoms with Crippen LogP contribution in [0.25, 0.3) is 0 Å². The summed E-state index contributed by atoms with van der Waals surface area (Å²) < 4.78 is 13.2. The summed E-state index contributed by atoms with van der Waals surface area (Å²) in [6.07, 6.45) is 1.85. The number of fused-ring (bicyclic) bond motifs is 1. The van der Waals surface area contributed by atoms with E-state index in [9.17, 15) is 14.3 Å². The first kappa shape index (κ1) is 13.6. The van der Waals surface area contributed by atoms with Crippen LogP contribution in [0.5, 0.6) is 5.75 Å². The van der Waals surface area contributed by atoms with Crippen molar-refractivity contribution >= 4 is 11.6 Å². The van der Waals surface area contributed by atoms with Gasteiger partial charge in [-0.3, -0.25) is 4.79 Å². The maximum absolute atomic E-state index is 13.2. The van der Waals surface area contributed by atoms with E-state index in [-0.39, 0.29) is 23.9 Å². The van der Waals surface area contributed by atoms with Crippen LogP contribution in [0, 0.1) is 5.82 Å². The first-order chi connectivity index (χ1) is 10.1. The van der Waals surface area contributed by atoms with Crippen LogP contribution in [-0.2, 0) is 17.6 Å². The van der Waals surface area contributed by atoms with Crippen molar-refractivity contribution in [3.8, 4) is 5.75 Å². The van der Waals surface area contributed by atoms with E-state index in [4.69, 9.17) is 0 Å². The molecule has 0 saturated carbocycles. The number of carbonyl (C=O) groups excluding carboxylic acids is 1. The lowest BCUT2D eigenvalue weighted by molar-refractivity contribution is -0.118. The molecule has 0 bridgehead atoms. The molecule has 1 aliphatic rings. The van der Waals surface area contributed by atoms with Crippen molar-refractivity contribution in [1.82, 2.24) is 0 Å². The maximum atomic E-state index is 13.2. The van der Waals surface area contributed by atoms with Gasteiger partial charge in [-0.05, 0) is 42.2 Å². The average Bonchev–Trinajstić information content (AvgIpc) is 2.47. The zero-order valence-corrected chi connectivity index (χ0v) is 11.6. The third-order valence-corrected chi connectivity index (χ3v) is 3.74. The van der Waals surface area contributed by atoms with Crippen molar-refractivity contribution in [2.75, 3.05) is 11.4 Å². The number of hydrogen-bond acceptors (Lipinski definition) is 2. The van der Waals surface area contributed by atoms with E-state index in [1.54, 1.807) is 29.2 Å². The predicted octanol–water partition coefficient (Wildman–Crippen LogP) is 3.05. The first-order valence-corrected chi connectivity index (χ1v) is 7.01. The molecule has 0 spiro atoms. The van der Waals surface area contributed by atoms with Crippen molar-refractivity contribution in [1.29, 1.82) is 0 Å². The molecule has 1 aliphatic heterocycles. The molecule has 1 amide bonds. The number of para-hydroxylation sites is 1. The number of carbonyl (C=O) groups is 1. The molecule has 108 valence electrons. The molecule has 0 radical (unpaired) electrons. The lowest BCUT2D eigenvalue weighted by atomic mass is 10.00. The van der Waals surface area contributed by atoms with Gasteiger partial charge in [-0.25, -0.2) is 4.39 Å². The number of hydrogen-bond donors (Lipinski definition) is 1. The molecule has 2 aromatic carbocycles. The maximum Gasteiger partial charge on any atom is 0.231 e. The normalized spacial score (nSPS) is 13.9. The van der Waals surface area contributed by atoms with Gasteiger partial charge in [-0.15, -0.1) is 0 Å². The molecule has 0 fully saturated rings. The Morgan fingerprint density at radius 1 is 1.24 bits per heavy atom. The lowest BCUT2D eigenvalue weighted by Gasteiger charge is -2.30. The summed E-state index contributed by atoms with van der Waals surface area (Å²) in [6, 6.07) is 11.4. The fraction of sp³-hybridized carbons (Fsp3) is 0.235. The predicted molar refractivity (Wildman–Crippen MR) is 78.9 cm³/mol. The first-order valence-electron chi connectivity index (χ1n) is 7.01. The Morgan fingerprint density at radius 3 is 2.86 bits per heavy atom. The number of anilines is 1. The summed E-state index contributed by atoms with van der Waals surface area (Å²) in [7, 11) is 0. The molecule has 0 saturated heterocycles. The number of halogens is 1. The van der Waals surface area contributed by atoms with E-state index in [1.807, 2.05) is 6.07 Å². The molecule has 3 rings (SSSR count). The number of phenols is 1. The number of aryl methyl sites for hydroxylation is 1. The summed E-state index contributed by atoms with van der Waals surface area (Å²) in [5.74, 6) is -0.343. The fourth-order valence-corrected chi connectivity index (χ4v) is 2.80. The standard InChI is InChI=1S/C17H16FNO2/c18-14-7-1-4-12(10-14)11-16(21)19-9-3-6-13-5-2-8-15(20)17(13)19/h1-2,4-5,7-8,10,20H,3,6,9,11H2. The Morgan fingerprint density at radius 2 is 2.05 bits per heavy atom. The molecule has 0 aliphatic carbocycles. The minimum atomic E-state index is -0.345. The molecule has 0 atom stereocenters. The van der Waals surface area contributed by atoms with E-state index >= 15 is 0 Å². The Hall–Kier alpha value is -2.36. The van der Waals surface area contributed by atoms with Gasteiger partial charge in [0.05, 0.1) is 12.1 Å². The van der Waals surface area contributed by atoms with Crippen LogP contribution >= 0.6 is 0 Å². The van der Waals surface area contributed by atoms with E-state index in [0.29, 0.717) is 17.8 Å². The van der Waals surface area contributed by atoms with Gasteiger partial charge in [0.2, 0.25) is 5.91 Å². The van der Waals surface area contributed by atoms with Gasteiger partial charge in [0.25, 0.3) is 0 Å². The van der Waals surface area contributed by atoms with Gasteiger partial charge >= 0.3 is 0 Å². The molecule has 3 nitrogen and oxygen atoms in total. The smallest absolute Gasteiger partial charge is 0.231 e. The summed E-state index contributed by atoms with van der Waals surface area (Å²) in [4.78, 5) is 14.1. The molecule has 1 N–H and O–H groups in total. The van der Waals surface area contributed by atoms with Crippen LogP contribution in [0.2, 0.25) is 0 Å². The number of phenolic OH excluding ortho intramolecular Hbond substituents is 1. The molecular weight excluding hydrogens is 269 g/mol. The van der Waals surface area contributed by atoms with Gasteiger partial charge in [0.15, 0.2) is 0 Å². The van der Waals surface area contributed by atoms with E-state index in [2.05, 4.69) is 0 Å². The van der Waals surface area contributed by atoms with Crippen LogP contribution in [0.4, 0.5) is 10.1 Å². The second-order valence-electron chi connectivity index (χ2n) is 5.24. The number of benzene rings is 2. The van der Waals surface area contributed by atoms with Crippen molar-refractivity contribution in [2.24, 2.45) is 0 Å². The van der Waals surface area contributed by atoms with Crippen molar-refractivity contribution in [3.05, 3.63) is 59.4 Å². The van der Waals surface area contributed by atoms with Crippen LogP contribution in [0.3, 0.4) is 0 Å². The Labute approximate surface area is 122 Å². The highest BCUT2D eigenvalue weighted by molar-refractivity contribution is 5.97. The van der Waals surface area contributed by atoms with Crippen LogP contribution in [-0.4, -0.2) is 17.6 Å². The third-order valence-electron chi connectivity index (χ3n) is 3.74. The molecule has 0 aromatic heterocycles. The fourth-order valence-electron chi connectivity index (χ4n) is 2.80. The second-order valence-corrected chi connectivity index (χ2v) is 5.24. The molecule has 0 unspecified atom stereocenters. The zero-order chi connectivity index (χ0) is 14.8. The summed E-state index contributed by atoms with van der Waals surface area (Å²) in [5, 5.41) is 10.0. The average molecular weight is 285 g/mol. The Balaban J connectivity index is 1.87. The highest BCUT2D eigenvalue weighted by Gasteiger charge is 2.25. The molecule has 1 heterocycles. The van der Waals surface area contributed by atoms with Crippen molar-refractivity contribution in [2.45, 2.75) is 19.3 Å². The molecule has 2 aromatic rings. The number of rotatable bonds is 2. The van der Waals surface area contributed by atoms with Crippen LogP contribution < -0.4 is 4.90 Å². The van der Waals surface area contributed by atoms with Gasteiger partial charge in [-0.2, -0.15) is 0 Å². The third kappa shape index (κ3) is 2.75. The van der Waals surface area contributed by atoms with Gasteiger partial charge in [-0.1, -0.05) is 24.3 Å². The largest absolute Gasteiger partial charge is 0.506 e. The number of amides is 1. The summed E-state index contributed by atoms with van der Waals surface area (Å²) in [6.45, 7) is 0.582. The minimum Gasteiger partial charge on any atom is -0.506 e. The van der Waals surface area contributed by atoms with Gasteiger partial charge in [0, 0.05) is 6.54 Å². The Bertz CT molecular complexity index is 684. The second kappa shape index (κ2) is 5.56. The molecule has 21 heavy (non-hydrogen) atoms.